The monoisotopic (exact) mass is 438 g/mol. The summed E-state index contributed by atoms with van der Waals surface area (Å²) in [6, 6.07) is 1.87. The summed E-state index contributed by atoms with van der Waals surface area (Å²) in [5.74, 6) is -1.01. The van der Waals surface area contributed by atoms with Gasteiger partial charge < -0.3 is 10.6 Å². The van der Waals surface area contributed by atoms with Crippen LogP contribution < -0.4 is 10.6 Å². The maximum atomic E-state index is 11.4. The van der Waals surface area contributed by atoms with Crippen LogP contribution in [0.2, 0.25) is 0 Å². The van der Waals surface area contributed by atoms with Gasteiger partial charge in [-0.2, -0.15) is 0 Å². The highest BCUT2D eigenvalue weighted by atomic mass is 79.9. The van der Waals surface area contributed by atoms with E-state index in [-0.39, 0.29) is 11.3 Å². The van der Waals surface area contributed by atoms with Crippen LogP contribution in [-0.4, -0.2) is 39.5 Å². The van der Waals surface area contributed by atoms with Gasteiger partial charge in [0.15, 0.2) is 0 Å². The lowest BCUT2D eigenvalue weighted by Gasteiger charge is -2.23. The van der Waals surface area contributed by atoms with E-state index in [1.807, 2.05) is 0 Å². The molecule has 0 aromatic heterocycles. The first-order chi connectivity index (χ1) is 10.3. The van der Waals surface area contributed by atoms with Crippen molar-refractivity contribution in [1.29, 1.82) is 0 Å². The maximum Gasteiger partial charge on any atom is 0.299 e. The summed E-state index contributed by atoms with van der Waals surface area (Å²) in [7, 11) is 0. The molecule has 1 aromatic carbocycles. The first kappa shape index (κ1) is 18.3. The van der Waals surface area contributed by atoms with Gasteiger partial charge in [-0.05, 0) is 6.07 Å². The van der Waals surface area contributed by atoms with E-state index in [0.29, 0.717) is 23.7 Å². The summed E-state index contributed by atoms with van der Waals surface area (Å²) in [5, 5.41) is 23.2. The zero-order valence-corrected chi connectivity index (χ0v) is 14.4. The fourth-order valence-electron chi connectivity index (χ4n) is 1.87. The largest absolute Gasteiger partial charge is 0.365 e. The van der Waals surface area contributed by atoms with Crippen LogP contribution in [-0.2, 0) is 0 Å². The molecule has 0 radical (unpaired) electrons. The summed E-state index contributed by atoms with van der Waals surface area (Å²) in [5.41, 5.74) is 3.77. The highest BCUT2D eigenvalue weighted by Crippen LogP contribution is 2.35. The van der Waals surface area contributed by atoms with Gasteiger partial charge in [0, 0.05) is 23.7 Å². The molecule has 0 aliphatic carbocycles. The number of nitrogens with zero attached hydrogens (tertiary/aromatic N) is 3. The molecule has 0 saturated heterocycles. The van der Waals surface area contributed by atoms with E-state index in [2.05, 4.69) is 31.9 Å². The number of hydrogen-bond donors (Lipinski definition) is 1. The Morgan fingerprint density at radius 3 is 1.95 bits per heavy atom. The van der Waals surface area contributed by atoms with Crippen LogP contribution in [0.1, 0.15) is 10.4 Å². The molecule has 0 aliphatic rings. The Bertz CT molecular complexity index is 604. The van der Waals surface area contributed by atoms with Crippen LogP contribution >= 0.6 is 31.9 Å². The summed E-state index contributed by atoms with van der Waals surface area (Å²) in [6.07, 6.45) is 0. The van der Waals surface area contributed by atoms with Crippen molar-refractivity contribution < 1.29 is 14.6 Å². The van der Waals surface area contributed by atoms with Crippen LogP contribution in [0.25, 0.3) is 0 Å². The molecule has 0 fully saturated rings. The molecule has 0 unspecified atom stereocenters. The minimum Gasteiger partial charge on any atom is -0.365 e. The minimum atomic E-state index is -1.01. The normalized spacial score (nSPS) is 10.3. The van der Waals surface area contributed by atoms with Gasteiger partial charge in [-0.25, -0.2) is 0 Å². The number of benzene rings is 1. The Balaban J connectivity index is 3.59. The Hall–Kier alpha value is -1.75. The number of nitro groups is 2. The van der Waals surface area contributed by atoms with Gasteiger partial charge in [0.25, 0.3) is 17.3 Å². The number of hydrogen-bond acceptors (Lipinski definition) is 6. The summed E-state index contributed by atoms with van der Waals surface area (Å²) < 4.78 is 0. The number of primary amides is 1. The fourth-order valence-corrected chi connectivity index (χ4v) is 2.73. The number of nitro benzene ring substituents is 2. The van der Waals surface area contributed by atoms with Gasteiger partial charge in [-0.1, -0.05) is 31.9 Å². The third kappa shape index (κ3) is 4.13. The van der Waals surface area contributed by atoms with Crippen LogP contribution in [0.4, 0.5) is 17.1 Å². The third-order valence-electron chi connectivity index (χ3n) is 2.80. The smallest absolute Gasteiger partial charge is 0.299 e. The van der Waals surface area contributed by atoms with Gasteiger partial charge >= 0.3 is 0 Å². The Morgan fingerprint density at radius 1 is 1.09 bits per heavy atom. The lowest BCUT2D eigenvalue weighted by atomic mass is 10.1. The van der Waals surface area contributed by atoms with E-state index in [0.717, 1.165) is 12.1 Å². The lowest BCUT2D eigenvalue weighted by Crippen LogP contribution is -2.28. The molecule has 22 heavy (non-hydrogen) atoms. The average molecular weight is 440 g/mol. The van der Waals surface area contributed by atoms with E-state index in [1.54, 1.807) is 4.90 Å². The number of nitrogens with two attached hydrogens (primary N) is 1. The van der Waals surface area contributed by atoms with E-state index in [1.165, 1.54) is 0 Å². The first-order valence-electron chi connectivity index (χ1n) is 5.97. The number of anilines is 1. The number of carbonyl (C=O) groups is 1. The number of amides is 1. The Kier molecular flexibility index (Phi) is 6.68. The molecule has 0 heterocycles. The van der Waals surface area contributed by atoms with Gasteiger partial charge in [-0.3, -0.25) is 25.0 Å². The lowest BCUT2D eigenvalue weighted by molar-refractivity contribution is -0.393. The van der Waals surface area contributed by atoms with Crippen molar-refractivity contribution >= 4 is 54.8 Å². The van der Waals surface area contributed by atoms with E-state index in [9.17, 15) is 25.0 Å². The predicted octanol–water partition coefficient (Wildman–Crippen LogP) is 2.20. The van der Waals surface area contributed by atoms with Crippen molar-refractivity contribution in [2.24, 2.45) is 5.73 Å². The number of carbonyl (C=O) groups excluding carboxylic acids is 1. The molecule has 1 aromatic rings. The summed E-state index contributed by atoms with van der Waals surface area (Å²) in [6.45, 7) is 0.838. The van der Waals surface area contributed by atoms with Crippen LogP contribution in [0.15, 0.2) is 12.1 Å². The van der Waals surface area contributed by atoms with Crippen LogP contribution in [0.3, 0.4) is 0 Å². The molecule has 1 rings (SSSR count). The molecule has 0 aliphatic heterocycles. The minimum absolute atomic E-state index is 0.114. The quantitative estimate of drug-likeness (QED) is 0.375. The molecule has 0 atom stereocenters. The van der Waals surface area contributed by atoms with Crippen molar-refractivity contribution in [3.63, 3.8) is 0 Å². The van der Waals surface area contributed by atoms with E-state index in [4.69, 9.17) is 5.73 Å². The molecule has 11 heteroatoms. The van der Waals surface area contributed by atoms with Crippen LogP contribution in [0.5, 0.6) is 0 Å². The maximum absolute atomic E-state index is 11.4. The SMILES string of the molecule is NC(=O)c1cc(N(CCBr)CCBr)c([N+](=O)[O-])cc1[N+](=O)[O-]. The zero-order chi connectivity index (χ0) is 16.9. The number of rotatable bonds is 8. The summed E-state index contributed by atoms with van der Waals surface area (Å²) >= 11 is 6.47. The molecule has 0 saturated carbocycles. The average Bonchev–Trinajstić information content (AvgIpc) is 2.45. The molecule has 0 spiro atoms. The highest BCUT2D eigenvalue weighted by molar-refractivity contribution is 9.09. The predicted molar refractivity (Wildman–Crippen MR) is 88.1 cm³/mol. The van der Waals surface area contributed by atoms with E-state index < -0.39 is 27.1 Å². The zero-order valence-electron chi connectivity index (χ0n) is 11.2. The number of halogens is 2. The Labute approximate surface area is 142 Å². The van der Waals surface area contributed by atoms with Crippen molar-refractivity contribution in [2.45, 2.75) is 0 Å². The summed E-state index contributed by atoms with van der Waals surface area (Å²) in [4.78, 5) is 33.6. The van der Waals surface area contributed by atoms with Crippen LogP contribution in [0, 0.1) is 20.2 Å². The van der Waals surface area contributed by atoms with Crippen molar-refractivity contribution in [2.75, 3.05) is 28.6 Å². The topological polar surface area (TPSA) is 133 Å². The molecule has 120 valence electrons. The van der Waals surface area contributed by atoms with Gasteiger partial charge in [0.2, 0.25) is 0 Å². The standard InChI is InChI=1S/C11H12Br2N4O5/c12-1-3-15(4-2-13)9-5-7(11(14)18)8(16(19)20)6-10(9)17(21)22/h5-6H,1-4H2,(H2,14,18). The number of alkyl halides is 2. The van der Waals surface area contributed by atoms with E-state index >= 15 is 0 Å². The molecule has 0 bridgehead atoms. The molecule has 2 N–H and O–H groups in total. The molecule has 9 nitrogen and oxygen atoms in total. The van der Waals surface area contributed by atoms with Gasteiger partial charge in [0.1, 0.15) is 11.3 Å². The van der Waals surface area contributed by atoms with Gasteiger partial charge in [0.05, 0.1) is 15.9 Å². The van der Waals surface area contributed by atoms with Crippen molar-refractivity contribution in [3.8, 4) is 0 Å². The fraction of sp³-hybridized carbons (Fsp3) is 0.364. The second-order valence-electron chi connectivity index (χ2n) is 4.10. The molecule has 1 amide bonds. The van der Waals surface area contributed by atoms with Crippen molar-refractivity contribution in [3.05, 3.63) is 37.9 Å². The highest BCUT2D eigenvalue weighted by Gasteiger charge is 2.29. The Morgan fingerprint density at radius 2 is 1.59 bits per heavy atom. The third-order valence-corrected chi connectivity index (χ3v) is 3.51. The molecular weight excluding hydrogens is 428 g/mol. The van der Waals surface area contributed by atoms with Crippen molar-refractivity contribution in [1.82, 2.24) is 0 Å². The second kappa shape index (κ2) is 8.03. The first-order valence-corrected chi connectivity index (χ1v) is 8.21. The van der Waals surface area contributed by atoms with Gasteiger partial charge in [-0.15, -0.1) is 0 Å². The molecular formula is C11H12Br2N4O5. The second-order valence-corrected chi connectivity index (χ2v) is 5.69.